The average Bonchev–Trinajstić information content (AvgIpc) is 2.27. The predicted molar refractivity (Wildman–Crippen MR) is 72.4 cm³/mol. The van der Waals surface area contributed by atoms with E-state index in [9.17, 15) is 9.59 Å². The van der Waals surface area contributed by atoms with E-state index in [2.05, 4.69) is 20.8 Å². The Morgan fingerprint density at radius 3 is 2.22 bits per heavy atom. The zero-order chi connectivity index (χ0) is 14.1. The van der Waals surface area contributed by atoms with Crippen LogP contribution in [0.15, 0.2) is 0 Å². The Morgan fingerprint density at radius 1 is 1.17 bits per heavy atom. The van der Waals surface area contributed by atoms with Gasteiger partial charge in [-0.3, -0.25) is 9.59 Å². The van der Waals surface area contributed by atoms with E-state index in [4.69, 9.17) is 5.11 Å². The number of hydrogen-bond acceptors (Lipinski definition) is 2. The van der Waals surface area contributed by atoms with Gasteiger partial charge in [0.15, 0.2) is 0 Å². The van der Waals surface area contributed by atoms with Crippen molar-refractivity contribution in [3.8, 4) is 0 Å². The normalized spacial score (nSPS) is 14.0. The summed E-state index contributed by atoms with van der Waals surface area (Å²) in [5, 5.41) is 8.71. The number of aliphatic carboxylic acids is 1. The number of carboxylic acid groups (broad SMARTS) is 1. The largest absolute Gasteiger partial charge is 0.481 e. The molecule has 0 aromatic heterocycles. The third kappa shape index (κ3) is 6.62. The minimum atomic E-state index is -0.834. The highest BCUT2D eigenvalue weighted by molar-refractivity contribution is 5.77. The number of nitrogens with zero attached hydrogens (tertiary/aromatic N) is 1. The van der Waals surface area contributed by atoms with Crippen molar-refractivity contribution >= 4 is 11.9 Å². The molecule has 0 heterocycles. The molecule has 1 N–H and O–H groups in total. The van der Waals surface area contributed by atoms with Crippen molar-refractivity contribution in [2.24, 2.45) is 5.92 Å². The molecule has 0 aliphatic heterocycles. The second-order valence-corrected chi connectivity index (χ2v) is 5.11. The summed E-state index contributed by atoms with van der Waals surface area (Å²) < 4.78 is 0. The topological polar surface area (TPSA) is 57.6 Å². The molecule has 0 radical (unpaired) electrons. The van der Waals surface area contributed by atoms with Gasteiger partial charge >= 0.3 is 5.97 Å². The van der Waals surface area contributed by atoms with Crippen LogP contribution in [0.4, 0.5) is 0 Å². The summed E-state index contributed by atoms with van der Waals surface area (Å²) in [6.07, 6.45) is 3.39. The standard InChI is InChI=1S/C14H27NO3/c1-5-7-8-15(12(4)6-2)13(16)9-11(3)10-14(17)18/h11-12H,5-10H2,1-4H3,(H,17,18). The maximum Gasteiger partial charge on any atom is 0.303 e. The number of rotatable bonds is 9. The molecule has 106 valence electrons. The third-order valence-electron chi connectivity index (χ3n) is 3.24. The van der Waals surface area contributed by atoms with Crippen molar-refractivity contribution < 1.29 is 14.7 Å². The molecule has 4 nitrogen and oxygen atoms in total. The molecule has 0 rings (SSSR count). The van der Waals surface area contributed by atoms with E-state index in [1.807, 2.05) is 11.8 Å². The molecule has 0 fully saturated rings. The number of carbonyl (C=O) groups excluding carboxylic acids is 1. The lowest BCUT2D eigenvalue weighted by atomic mass is 10.0. The Morgan fingerprint density at radius 2 is 1.78 bits per heavy atom. The third-order valence-corrected chi connectivity index (χ3v) is 3.24. The van der Waals surface area contributed by atoms with Gasteiger partial charge in [-0.2, -0.15) is 0 Å². The highest BCUT2D eigenvalue weighted by atomic mass is 16.4. The number of amides is 1. The second kappa shape index (κ2) is 8.95. The zero-order valence-electron chi connectivity index (χ0n) is 12.1. The van der Waals surface area contributed by atoms with Crippen molar-refractivity contribution in [2.45, 2.75) is 65.8 Å². The van der Waals surface area contributed by atoms with Crippen molar-refractivity contribution in [2.75, 3.05) is 6.54 Å². The number of carboxylic acids is 1. The first kappa shape index (κ1) is 16.9. The molecule has 0 aromatic rings. The summed E-state index contributed by atoms with van der Waals surface area (Å²) in [6.45, 7) is 8.82. The fraction of sp³-hybridized carbons (Fsp3) is 0.857. The van der Waals surface area contributed by atoms with Crippen LogP contribution in [0, 0.1) is 5.92 Å². The maximum absolute atomic E-state index is 12.2. The summed E-state index contributed by atoms with van der Waals surface area (Å²) >= 11 is 0. The molecule has 4 heteroatoms. The van der Waals surface area contributed by atoms with Crippen molar-refractivity contribution in [1.82, 2.24) is 4.90 Å². The Balaban J connectivity index is 4.40. The van der Waals surface area contributed by atoms with Crippen molar-refractivity contribution in [3.63, 3.8) is 0 Å². The second-order valence-electron chi connectivity index (χ2n) is 5.11. The Labute approximate surface area is 110 Å². The van der Waals surface area contributed by atoms with E-state index in [0.29, 0.717) is 6.42 Å². The van der Waals surface area contributed by atoms with Gasteiger partial charge in [0.1, 0.15) is 0 Å². The Kier molecular flexibility index (Phi) is 8.42. The summed E-state index contributed by atoms with van der Waals surface area (Å²) in [5.41, 5.74) is 0. The molecule has 0 aromatic carbocycles. The SMILES string of the molecule is CCCCN(C(=O)CC(C)CC(=O)O)C(C)CC. The van der Waals surface area contributed by atoms with Gasteiger partial charge in [-0.1, -0.05) is 27.2 Å². The summed E-state index contributed by atoms with van der Waals surface area (Å²) in [4.78, 5) is 24.7. The van der Waals surface area contributed by atoms with Crippen LogP contribution in [-0.2, 0) is 9.59 Å². The van der Waals surface area contributed by atoms with Gasteiger partial charge in [-0.15, -0.1) is 0 Å². The van der Waals surface area contributed by atoms with Gasteiger partial charge in [-0.25, -0.2) is 0 Å². The summed E-state index contributed by atoms with van der Waals surface area (Å²) in [5.74, 6) is -0.839. The summed E-state index contributed by atoms with van der Waals surface area (Å²) in [7, 11) is 0. The molecule has 0 aliphatic rings. The highest BCUT2D eigenvalue weighted by Gasteiger charge is 2.21. The minimum absolute atomic E-state index is 0.0634. The molecule has 18 heavy (non-hydrogen) atoms. The van der Waals surface area contributed by atoms with Crippen LogP contribution in [0.2, 0.25) is 0 Å². The number of carbonyl (C=O) groups is 2. The highest BCUT2D eigenvalue weighted by Crippen LogP contribution is 2.14. The average molecular weight is 257 g/mol. The van der Waals surface area contributed by atoms with Gasteiger partial charge in [0.25, 0.3) is 0 Å². The lowest BCUT2D eigenvalue weighted by Crippen LogP contribution is -2.39. The van der Waals surface area contributed by atoms with Gasteiger partial charge in [0, 0.05) is 25.4 Å². The maximum atomic E-state index is 12.2. The van der Waals surface area contributed by atoms with Crippen LogP contribution >= 0.6 is 0 Å². The molecule has 0 spiro atoms. The molecule has 0 aliphatic carbocycles. The van der Waals surface area contributed by atoms with E-state index in [1.54, 1.807) is 0 Å². The lowest BCUT2D eigenvalue weighted by Gasteiger charge is -2.29. The van der Waals surface area contributed by atoms with Crippen LogP contribution in [-0.4, -0.2) is 34.5 Å². The van der Waals surface area contributed by atoms with E-state index in [1.165, 1.54) is 0 Å². The van der Waals surface area contributed by atoms with E-state index >= 15 is 0 Å². The van der Waals surface area contributed by atoms with Crippen LogP contribution < -0.4 is 0 Å². The quantitative estimate of drug-likeness (QED) is 0.691. The predicted octanol–water partition coefficient (Wildman–Crippen LogP) is 2.91. The van der Waals surface area contributed by atoms with Crippen molar-refractivity contribution in [1.29, 1.82) is 0 Å². The zero-order valence-corrected chi connectivity index (χ0v) is 12.1. The first-order valence-electron chi connectivity index (χ1n) is 6.93. The van der Waals surface area contributed by atoms with Gasteiger partial charge < -0.3 is 10.0 Å². The Hall–Kier alpha value is -1.06. The molecule has 0 saturated carbocycles. The van der Waals surface area contributed by atoms with E-state index in [-0.39, 0.29) is 24.3 Å². The fourth-order valence-corrected chi connectivity index (χ4v) is 1.93. The van der Waals surface area contributed by atoms with Crippen LogP contribution in [0.3, 0.4) is 0 Å². The molecule has 0 bridgehead atoms. The van der Waals surface area contributed by atoms with Gasteiger partial charge in [0.2, 0.25) is 5.91 Å². The fourth-order valence-electron chi connectivity index (χ4n) is 1.93. The molecule has 2 atom stereocenters. The van der Waals surface area contributed by atoms with E-state index in [0.717, 1.165) is 25.8 Å². The molecule has 2 unspecified atom stereocenters. The molecule has 1 amide bonds. The van der Waals surface area contributed by atoms with Gasteiger partial charge in [-0.05, 0) is 25.7 Å². The molecular formula is C14H27NO3. The first-order chi connectivity index (χ1) is 8.42. The number of hydrogen-bond donors (Lipinski definition) is 1. The number of unbranched alkanes of at least 4 members (excludes halogenated alkanes) is 1. The lowest BCUT2D eigenvalue weighted by molar-refractivity contribution is -0.139. The van der Waals surface area contributed by atoms with Crippen LogP contribution in [0.25, 0.3) is 0 Å². The first-order valence-corrected chi connectivity index (χ1v) is 6.93. The summed E-state index contributed by atoms with van der Waals surface area (Å²) in [6, 6.07) is 0.237. The molecular weight excluding hydrogens is 230 g/mol. The van der Waals surface area contributed by atoms with Crippen LogP contribution in [0.5, 0.6) is 0 Å². The Bertz CT molecular complexity index is 266. The minimum Gasteiger partial charge on any atom is -0.481 e. The smallest absolute Gasteiger partial charge is 0.303 e. The van der Waals surface area contributed by atoms with E-state index < -0.39 is 5.97 Å². The van der Waals surface area contributed by atoms with Crippen molar-refractivity contribution in [3.05, 3.63) is 0 Å². The monoisotopic (exact) mass is 257 g/mol. The van der Waals surface area contributed by atoms with Crippen LogP contribution in [0.1, 0.15) is 59.8 Å². The van der Waals surface area contributed by atoms with Gasteiger partial charge in [0.05, 0.1) is 0 Å². The molecule has 0 saturated heterocycles.